The van der Waals surface area contributed by atoms with Gasteiger partial charge in [0.05, 0.1) is 6.33 Å². The molecule has 0 aliphatic rings. The van der Waals surface area contributed by atoms with Crippen molar-refractivity contribution in [3.8, 4) is 0 Å². The molecule has 2 aromatic heterocycles. The van der Waals surface area contributed by atoms with Crippen LogP contribution < -0.4 is 4.90 Å². The molecule has 0 aliphatic carbocycles. The minimum absolute atomic E-state index is 0.0196. The lowest BCUT2D eigenvalue weighted by molar-refractivity contribution is 0.0792. The Labute approximate surface area is 125 Å². The predicted molar refractivity (Wildman–Crippen MR) is 82.4 cm³/mol. The topological polar surface area (TPSA) is 54.3 Å². The molecular weight excluding hydrogens is 266 g/mol. The van der Waals surface area contributed by atoms with Crippen molar-refractivity contribution in [2.75, 3.05) is 32.6 Å². The van der Waals surface area contributed by atoms with E-state index in [4.69, 9.17) is 0 Å². The van der Waals surface area contributed by atoms with Crippen molar-refractivity contribution in [1.29, 1.82) is 0 Å². The first-order valence-electron chi connectivity index (χ1n) is 6.92. The van der Waals surface area contributed by atoms with Crippen molar-refractivity contribution in [3.63, 3.8) is 0 Å². The molecule has 112 valence electrons. The zero-order chi connectivity index (χ0) is 15.2. The van der Waals surface area contributed by atoms with Gasteiger partial charge >= 0.3 is 0 Å². The first-order chi connectivity index (χ1) is 10.1. The Morgan fingerprint density at radius 3 is 2.76 bits per heavy atom. The van der Waals surface area contributed by atoms with Crippen molar-refractivity contribution >= 4 is 11.7 Å². The number of amides is 1. The minimum atomic E-state index is 0.0196. The number of anilines is 1. The quantitative estimate of drug-likeness (QED) is 0.808. The Kier molecular flexibility index (Phi) is 4.92. The first-order valence-corrected chi connectivity index (χ1v) is 6.92. The number of rotatable bonds is 6. The van der Waals surface area contributed by atoms with Gasteiger partial charge in [-0.1, -0.05) is 0 Å². The summed E-state index contributed by atoms with van der Waals surface area (Å²) in [6.07, 6.45) is 8.03. The molecule has 2 heterocycles. The normalized spacial score (nSPS) is 10.4. The van der Waals surface area contributed by atoms with Crippen molar-refractivity contribution in [2.24, 2.45) is 0 Å². The summed E-state index contributed by atoms with van der Waals surface area (Å²) in [5.41, 5.74) is 0.666. The van der Waals surface area contributed by atoms with E-state index in [1.807, 2.05) is 42.9 Å². The Morgan fingerprint density at radius 1 is 1.29 bits per heavy atom. The molecule has 0 aliphatic heterocycles. The Hall–Kier alpha value is -2.37. The molecule has 0 unspecified atom stereocenters. The van der Waals surface area contributed by atoms with E-state index in [-0.39, 0.29) is 5.91 Å². The van der Waals surface area contributed by atoms with E-state index < -0.39 is 0 Å². The maximum absolute atomic E-state index is 12.4. The van der Waals surface area contributed by atoms with Crippen molar-refractivity contribution in [3.05, 3.63) is 42.6 Å². The summed E-state index contributed by atoms with van der Waals surface area (Å²) >= 11 is 0. The van der Waals surface area contributed by atoms with Crippen LogP contribution in [0.5, 0.6) is 0 Å². The fraction of sp³-hybridized carbons (Fsp3) is 0.400. The number of imidazole rings is 1. The SMILES string of the molecule is CN(CCCn1ccnc1)C(=O)c1ccnc(N(C)C)c1. The highest BCUT2D eigenvalue weighted by Crippen LogP contribution is 2.11. The van der Waals surface area contributed by atoms with Gasteiger partial charge in [0.1, 0.15) is 5.82 Å². The molecule has 0 aromatic carbocycles. The molecule has 0 radical (unpaired) electrons. The predicted octanol–water partition coefficient (Wildman–Crippen LogP) is 1.51. The maximum atomic E-state index is 12.4. The summed E-state index contributed by atoms with van der Waals surface area (Å²) in [7, 11) is 5.64. The number of hydrogen-bond donors (Lipinski definition) is 0. The third kappa shape index (κ3) is 4.05. The highest BCUT2D eigenvalue weighted by Gasteiger charge is 2.12. The number of aromatic nitrogens is 3. The second-order valence-corrected chi connectivity index (χ2v) is 5.18. The summed E-state index contributed by atoms with van der Waals surface area (Å²) in [6, 6.07) is 3.57. The standard InChI is InChI=1S/C15H21N5O/c1-18(2)14-11-13(5-6-17-14)15(21)19(3)8-4-9-20-10-7-16-12-20/h5-7,10-12H,4,8-9H2,1-3H3. The molecule has 0 N–H and O–H groups in total. The summed E-state index contributed by atoms with van der Waals surface area (Å²) in [5.74, 6) is 0.804. The monoisotopic (exact) mass is 287 g/mol. The van der Waals surface area contributed by atoms with E-state index in [1.54, 1.807) is 29.7 Å². The van der Waals surface area contributed by atoms with Gasteiger partial charge in [-0.25, -0.2) is 9.97 Å². The van der Waals surface area contributed by atoms with Crippen molar-refractivity contribution < 1.29 is 4.79 Å². The summed E-state index contributed by atoms with van der Waals surface area (Å²) < 4.78 is 2.01. The molecule has 0 saturated heterocycles. The average Bonchev–Trinajstić information content (AvgIpc) is 2.99. The summed E-state index contributed by atoms with van der Waals surface area (Å²) in [4.78, 5) is 24.2. The van der Waals surface area contributed by atoms with E-state index in [0.29, 0.717) is 12.1 Å². The van der Waals surface area contributed by atoms with Gasteiger partial charge < -0.3 is 14.4 Å². The third-order valence-electron chi connectivity index (χ3n) is 3.27. The van der Waals surface area contributed by atoms with Gasteiger partial charge in [0.15, 0.2) is 0 Å². The number of carbonyl (C=O) groups is 1. The molecule has 21 heavy (non-hydrogen) atoms. The molecule has 2 aromatic rings. The lowest BCUT2D eigenvalue weighted by Gasteiger charge is -2.18. The average molecular weight is 287 g/mol. The van der Waals surface area contributed by atoms with Gasteiger partial charge in [-0.05, 0) is 18.6 Å². The lowest BCUT2D eigenvalue weighted by Crippen LogP contribution is -2.28. The molecule has 0 spiro atoms. The highest BCUT2D eigenvalue weighted by molar-refractivity contribution is 5.94. The minimum Gasteiger partial charge on any atom is -0.363 e. The Morgan fingerprint density at radius 2 is 2.10 bits per heavy atom. The number of carbonyl (C=O) groups excluding carboxylic acids is 1. The van der Waals surface area contributed by atoms with Crippen LogP contribution in [0.3, 0.4) is 0 Å². The zero-order valence-electron chi connectivity index (χ0n) is 12.7. The van der Waals surface area contributed by atoms with Gasteiger partial charge in [-0.2, -0.15) is 0 Å². The van der Waals surface area contributed by atoms with Crippen LogP contribution in [0, 0.1) is 0 Å². The first kappa shape index (κ1) is 15.0. The van der Waals surface area contributed by atoms with E-state index >= 15 is 0 Å². The molecule has 6 nitrogen and oxygen atoms in total. The van der Waals surface area contributed by atoms with Crippen LogP contribution in [0.4, 0.5) is 5.82 Å². The molecule has 6 heteroatoms. The van der Waals surface area contributed by atoms with E-state index in [2.05, 4.69) is 9.97 Å². The van der Waals surface area contributed by atoms with Crippen LogP contribution in [0.1, 0.15) is 16.8 Å². The second-order valence-electron chi connectivity index (χ2n) is 5.18. The number of pyridine rings is 1. The van der Waals surface area contributed by atoms with Crippen molar-refractivity contribution in [2.45, 2.75) is 13.0 Å². The molecule has 0 saturated carbocycles. The van der Waals surface area contributed by atoms with Gasteiger partial charge in [0.25, 0.3) is 5.91 Å². The fourth-order valence-corrected chi connectivity index (χ4v) is 2.03. The van der Waals surface area contributed by atoms with Crippen LogP contribution in [0.25, 0.3) is 0 Å². The van der Waals surface area contributed by atoms with Crippen LogP contribution in [-0.4, -0.2) is 53.0 Å². The Bertz CT molecular complexity index is 580. The number of aryl methyl sites for hydroxylation is 1. The Balaban J connectivity index is 1.91. The van der Waals surface area contributed by atoms with Gasteiger partial charge in [0, 0.05) is 58.4 Å². The molecule has 0 atom stereocenters. The van der Waals surface area contributed by atoms with Gasteiger partial charge in [-0.15, -0.1) is 0 Å². The van der Waals surface area contributed by atoms with Crippen LogP contribution in [0.15, 0.2) is 37.1 Å². The molecule has 0 fully saturated rings. The second kappa shape index (κ2) is 6.88. The number of hydrogen-bond acceptors (Lipinski definition) is 4. The third-order valence-corrected chi connectivity index (χ3v) is 3.27. The lowest BCUT2D eigenvalue weighted by atomic mass is 10.2. The molecular formula is C15H21N5O. The smallest absolute Gasteiger partial charge is 0.253 e. The van der Waals surface area contributed by atoms with E-state index in [1.165, 1.54) is 0 Å². The largest absolute Gasteiger partial charge is 0.363 e. The molecule has 0 bridgehead atoms. The summed E-state index contributed by atoms with van der Waals surface area (Å²) in [6.45, 7) is 1.56. The number of nitrogens with zero attached hydrogens (tertiary/aromatic N) is 5. The fourth-order valence-electron chi connectivity index (χ4n) is 2.03. The zero-order valence-corrected chi connectivity index (χ0v) is 12.7. The molecule has 1 amide bonds. The van der Waals surface area contributed by atoms with Crippen LogP contribution in [-0.2, 0) is 6.54 Å². The van der Waals surface area contributed by atoms with Crippen LogP contribution >= 0.6 is 0 Å². The van der Waals surface area contributed by atoms with Crippen molar-refractivity contribution in [1.82, 2.24) is 19.4 Å². The van der Waals surface area contributed by atoms with Gasteiger partial charge in [-0.3, -0.25) is 4.79 Å². The maximum Gasteiger partial charge on any atom is 0.253 e. The highest BCUT2D eigenvalue weighted by atomic mass is 16.2. The van der Waals surface area contributed by atoms with E-state index in [9.17, 15) is 4.79 Å². The van der Waals surface area contributed by atoms with Crippen LogP contribution in [0.2, 0.25) is 0 Å². The van der Waals surface area contributed by atoms with E-state index in [0.717, 1.165) is 18.8 Å². The summed E-state index contributed by atoms with van der Waals surface area (Å²) in [5, 5.41) is 0. The van der Waals surface area contributed by atoms with Gasteiger partial charge in [0.2, 0.25) is 0 Å². The molecule has 2 rings (SSSR count).